The van der Waals surface area contributed by atoms with Crippen LogP contribution in [0, 0.1) is 10.1 Å². The van der Waals surface area contributed by atoms with Gasteiger partial charge in [-0.1, -0.05) is 106 Å². The Balaban J connectivity index is 2.00. The minimum Gasteiger partial charge on any atom is -0.398 e. The van der Waals surface area contributed by atoms with Gasteiger partial charge < -0.3 is 9.74 Å². The Morgan fingerprint density at radius 2 is 1.49 bits per heavy atom. The lowest BCUT2D eigenvalue weighted by atomic mass is 9.87. The number of carbonyl (C=O) groups excluding carboxylic acids is 2. The molecule has 7 nitrogen and oxygen atoms in total. The molecule has 0 unspecified atom stereocenters. The monoisotopic (exact) mass is 492 g/mol. The van der Waals surface area contributed by atoms with Crippen molar-refractivity contribution < 1.29 is 18.9 Å². The van der Waals surface area contributed by atoms with E-state index in [2.05, 4.69) is 50.4 Å². The molecule has 0 saturated heterocycles. The van der Waals surface area contributed by atoms with Crippen molar-refractivity contribution in [2.75, 3.05) is 6.54 Å². The molecule has 2 aromatic carbocycles. The summed E-state index contributed by atoms with van der Waals surface area (Å²) in [7, 11) is -2.81. The molecule has 1 amide bonds. The standard InChI is InChI=1S/C27H32N2O5Si/c1-21(30)28-27(19-22(31)20-29(32)33)17-15-23(16-18-27)34-35(26(2,3)4,24-11-7-5-8-12-24)25-13-9-6-10-14-25/h5-18,23H,19-20H2,1-4H3,(H,28,30). The molecule has 35 heavy (non-hydrogen) atoms. The van der Waals surface area contributed by atoms with Crippen LogP contribution in [0.4, 0.5) is 0 Å². The number of nitro groups is 1. The lowest BCUT2D eigenvalue weighted by Crippen LogP contribution is -2.67. The number of nitrogens with zero attached hydrogens (tertiary/aromatic N) is 1. The van der Waals surface area contributed by atoms with Gasteiger partial charge in [-0.15, -0.1) is 0 Å². The Bertz CT molecular complexity index is 1070. The highest BCUT2D eigenvalue weighted by molar-refractivity contribution is 6.99. The normalized spacial score (nSPS) is 19.8. The lowest BCUT2D eigenvalue weighted by Gasteiger charge is -2.45. The summed E-state index contributed by atoms with van der Waals surface area (Å²) in [5.41, 5.74) is -1.12. The second kappa shape index (κ2) is 10.5. The van der Waals surface area contributed by atoms with Gasteiger partial charge in [-0.05, 0) is 15.4 Å². The van der Waals surface area contributed by atoms with Gasteiger partial charge in [0, 0.05) is 18.3 Å². The van der Waals surface area contributed by atoms with E-state index in [-0.39, 0.29) is 17.4 Å². The van der Waals surface area contributed by atoms with E-state index < -0.39 is 37.2 Å². The van der Waals surface area contributed by atoms with Crippen LogP contribution in [0.15, 0.2) is 85.0 Å². The number of Topliss-reactive ketones (excluding diaryl/α,β-unsaturated/α-hetero) is 1. The SMILES string of the molecule is CC(=O)NC1(CC(=O)C[N+](=O)[O-])C=CC(O[Si](c2ccccc2)(c2ccccc2)C(C)(C)C)C=C1. The zero-order valence-electron chi connectivity index (χ0n) is 20.6. The molecule has 184 valence electrons. The quantitative estimate of drug-likeness (QED) is 0.251. The first-order valence-corrected chi connectivity index (χ1v) is 13.5. The topological polar surface area (TPSA) is 98.5 Å². The first-order chi connectivity index (χ1) is 16.5. The van der Waals surface area contributed by atoms with E-state index in [1.807, 2.05) is 48.6 Å². The molecular weight excluding hydrogens is 460 g/mol. The van der Waals surface area contributed by atoms with Gasteiger partial charge in [0.05, 0.1) is 11.6 Å². The number of ketones is 1. The lowest BCUT2D eigenvalue weighted by molar-refractivity contribution is -0.467. The van der Waals surface area contributed by atoms with E-state index in [0.717, 1.165) is 10.4 Å². The van der Waals surface area contributed by atoms with Crippen molar-refractivity contribution in [2.24, 2.45) is 0 Å². The van der Waals surface area contributed by atoms with Gasteiger partial charge in [0.2, 0.25) is 11.7 Å². The van der Waals surface area contributed by atoms with E-state index in [1.165, 1.54) is 6.92 Å². The highest BCUT2D eigenvalue weighted by Gasteiger charge is 2.51. The maximum absolute atomic E-state index is 12.2. The largest absolute Gasteiger partial charge is 0.398 e. The average Bonchev–Trinajstić information content (AvgIpc) is 2.78. The van der Waals surface area contributed by atoms with Gasteiger partial charge in [0.1, 0.15) is 0 Å². The number of benzene rings is 2. The molecule has 8 heteroatoms. The zero-order valence-corrected chi connectivity index (χ0v) is 21.6. The summed E-state index contributed by atoms with van der Waals surface area (Å²) in [6, 6.07) is 20.5. The van der Waals surface area contributed by atoms with Crippen LogP contribution in [0.25, 0.3) is 0 Å². The number of amides is 1. The fraction of sp³-hybridized carbons (Fsp3) is 0.333. The summed E-state index contributed by atoms with van der Waals surface area (Å²) in [6.45, 7) is 7.13. The van der Waals surface area contributed by atoms with Gasteiger partial charge >= 0.3 is 0 Å². The fourth-order valence-corrected chi connectivity index (χ4v) is 9.31. The summed E-state index contributed by atoms with van der Waals surface area (Å²) in [5.74, 6) is -0.899. The van der Waals surface area contributed by atoms with Gasteiger partial charge in [-0.2, -0.15) is 0 Å². The summed E-state index contributed by atoms with van der Waals surface area (Å²) in [6.07, 6.45) is 6.48. The van der Waals surface area contributed by atoms with Gasteiger partial charge in [-0.3, -0.25) is 19.7 Å². The van der Waals surface area contributed by atoms with Crippen LogP contribution in [-0.2, 0) is 14.0 Å². The average molecular weight is 493 g/mol. The van der Waals surface area contributed by atoms with Crippen molar-refractivity contribution >= 4 is 30.4 Å². The first-order valence-electron chi connectivity index (χ1n) is 11.6. The smallest absolute Gasteiger partial charge is 0.262 e. The number of nitrogens with one attached hydrogen (secondary N) is 1. The highest BCUT2D eigenvalue weighted by atomic mass is 28.4. The minimum atomic E-state index is -2.81. The molecule has 0 spiro atoms. The Morgan fingerprint density at radius 3 is 1.89 bits per heavy atom. The molecule has 0 radical (unpaired) electrons. The molecule has 0 bridgehead atoms. The van der Waals surface area contributed by atoms with Crippen LogP contribution in [-0.4, -0.2) is 43.1 Å². The van der Waals surface area contributed by atoms with Crippen molar-refractivity contribution in [2.45, 2.75) is 50.8 Å². The number of hydrogen-bond donors (Lipinski definition) is 1. The third kappa shape index (κ3) is 6.01. The van der Waals surface area contributed by atoms with Crippen LogP contribution in [0.2, 0.25) is 5.04 Å². The van der Waals surface area contributed by atoms with E-state index in [1.54, 1.807) is 12.2 Å². The predicted molar refractivity (Wildman–Crippen MR) is 139 cm³/mol. The number of carbonyl (C=O) groups is 2. The van der Waals surface area contributed by atoms with Crippen molar-refractivity contribution in [1.29, 1.82) is 0 Å². The van der Waals surface area contributed by atoms with Crippen LogP contribution in [0.5, 0.6) is 0 Å². The van der Waals surface area contributed by atoms with Crippen LogP contribution in [0.1, 0.15) is 34.1 Å². The van der Waals surface area contributed by atoms with Gasteiger partial charge in [0.15, 0.2) is 0 Å². The zero-order chi connectivity index (χ0) is 25.7. The van der Waals surface area contributed by atoms with Crippen molar-refractivity contribution in [3.05, 3.63) is 95.1 Å². The Morgan fingerprint density at radius 1 is 1.00 bits per heavy atom. The van der Waals surface area contributed by atoms with Crippen LogP contribution in [0.3, 0.4) is 0 Å². The second-order valence-electron chi connectivity index (χ2n) is 9.89. The molecule has 0 fully saturated rings. The predicted octanol–water partition coefficient (Wildman–Crippen LogP) is 3.17. The Kier molecular flexibility index (Phi) is 7.87. The highest BCUT2D eigenvalue weighted by Crippen LogP contribution is 2.38. The summed E-state index contributed by atoms with van der Waals surface area (Å²) < 4.78 is 7.04. The molecule has 1 aliphatic rings. The van der Waals surface area contributed by atoms with Crippen molar-refractivity contribution in [3.8, 4) is 0 Å². The molecule has 1 N–H and O–H groups in total. The third-order valence-electron chi connectivity index (χ3n) is 6.10. The second-order valence-corrected chi connectivity index (χ2v) is 14.1. The molecule has 0 aliphatic heterocycles. The van der Waals surface area contributed by atoms with E-state index in [0.29, 0.717) is 0 Å². The molecule has 2 aromatic rings. The van der Waals surface area contributed by atoms with Gasteiger partial charge in [0.25, 0.3) is 14.9 Å². The van der Waals surface area contributed by atoms with E-state index in [9.17, 15) is 19.7 Å². The molecule has 0 heterocycles. The fourth-order valence-electron chi connectivity index (χ4n) is 4.73. The maximum Gasteiger partial charge on any atom is 0.262 e. The third-order valence-corrected chi connectivity index (χ3v) is 11.1. The van der Waals surface area contributed by atoms with E-state index in [4.69, 9.17) is 4.43 Å². The molecule has 3 rings (SSSR count). The number of rotatable bonds is 9. The van der Waals surface area contributed by atoms with Crippen molar-refractivity contribution in [3.63, 3.8) is 0 Å². The molecule has 0 saturated carbocycles. The minimum absolute atomic E-state index is 0.202. The summed E-state index contributed by atoms with van der Waals surface area (Å²) in [5, 5.41) is 15.6. The molecule has 1 aliphatic carbocycles. The summed E-state index contributed by atoms with van der Waals surface area (Å²) >= 11 is 0. The molecular formula is C27H32N2O5Si. The van der Waals surface area contributed by atoms with Crippen LogP contribution >= 0.6 is 0 Å². The Labute approximate surface area is 207 Å². The maximum atomic E-state index is 12.2. The Hall–Kier alpha value is -3.36. The van der Waals surface area contributed by atoms with Gasteiger partial charge in [-0.25, -0.2) is 0 Å². The number of hydrogen-bond acceptors (Lipinski definition) is 5. The summed E-state index contributed by atoms with van der Waals surface area (Å²) in [4.78, 5) is 34.3. The van der Waals surface area contributed by atoms with Crippen LogP contribution < -0.4 is 15.7 Å². The molecule has 0 aromatic heterocycles. The molecule has 0 atom stereocenters. The van der Waals surface area contributed by atoms with E-state index >= 15 is 0 Å². The first kappa shape index (κ1) is 26.2. The van der Waals surface area contributed by atoms with Crippen molar-refractivity contribution in [1.82, 2.24) is 5.32 Å².